The van der Waals surface area contributed by atoms with Gasteiger partial charge in [-0.25, -0.2) is 9.55 Å². The number of halogens is 6. The molecule has 0 amide bonds. The van der Waals surface area contributed by atoms with Crippen LogP contribution in [0.3, 0.4) is 0 Å². The molecule has 0 aliphatic carbocycles. The van der Waals surface area contributed by atoms with Gasteiger partial charge in [0.05, 0.1) is 7.05 Å². The number of unbranched alkanes of at least 4 members (excludes halogenated alkanes) is 1. The van der Waals surface area contributed by atoms with Crippen LogP contribution in [0, 0.1) is 6.92 Å². The Labute approximate surface area is 161 Å². The van der Waals surface area contributed by atoms with Gasteiger partial charge in [-0.2, -0.15) is 4.57 Å². The van der Waals surface area contributed by atoms with Gasteiger partial charge in [-0.3, -0.25) is 0 Å². The summed E-state index contributed by atoms with van der Waals surface area (Å²) < 4.78 is 63.5. The fourth-order valence-corrected chi connectivity index (χ4v) is 2.59. The van der Waals surface area contributed by atoms with Crippen molar-refractivity contribution in [1.82, 2.24) is 9.55 Å². The van der Waals surface area contributed by atoms with Gasteiger partial charge in [0.15, 0.2) is 5.69 Å². The van der Waals surface area contributed by atoms with Crippen LogP contribution in [0.5, 0.6) is 0 Å². The molecule has 28 heavy (non-hydrogen) atoms. The zero-order valence-corrected chi connectivity index (χ0v) is 17.2. The minimum atomic E-state index is -10.7. The number of hydrogen-bond donors (Lipinski definition) is 0. The number of pyridine rings is 1. The molecule has 0 aliphatic heterocycles. The Bertz CT molecular complexity index is 814. The predicted molar refractivity (Wildman–Crippen MR) is 101 cm³/mol. The van der Waals surface area contributed by atoms with Gasteiger partial charge in [-0.15, -0.1) is 0 Å². The average molecular weight is 429 g/mol. The van der Waals surface area contributed by atoms with Crippen LogP contribution in [-0.2, 0) is 7.05 Å². The summed E-state index contributed by atoms with van der Waals surface area (Å²) in [4.78, 5) is 4.57. The van der Waals surface area contributed by atoms with E-state index in [1.165, 1.54) is 23.3 Å². The number of aromatic nitrogens is 3. The van der Waals surface area contributed by atoms with Crippen LogP contribution in [0.2, 0.25) is 0 Å². The van der Waals surface area contributed by atoms with Crippen molar-refractivity contribution >= 4 is 13.4 Å². The van der Waals surface area contributed by atoms with E-state index in [0.717, 1.165) is 25.1 Å². The van der Waals surface area contributed by atoms with Crippen molar-refractivity contribution in [2.24, 2.45) is 7.05 Å². The number of hydrogen-bond acceptors (Lipinski definition) is 1. The topological polar surface area (TPSA) is 21.7 Å². The predicted octanol–water partition coefficient (Wildman–Crippen LogP) is 7.37. The molecule has 0 bridgehead atoms. The van der Waals surface area contributed by atoms with Crippen LogP contribution in [0.25, 0.3) is 11.4 Å². The van der Waals surface area contributed by atoms with Gasteiger partial charge in [-0.1, -0.05) is 38.8 Å². The molecule has 0 aromatic carbocycles. The molecule has 0 radical (unpaired) electrons. The van der Waals surface area contributed by atoms with E-state index in [1.54, 1.807) is 0 Å². The van der Waals surface area contributed by atoms with E-state index >= 15 is 0 Å². The molecular weight excluding hydrogens is 403 g/mol. The minimum absolute atomic E-state index is 1.02. The van der Waals surface area contributed by atoms with Crippen LogP contribution in [-0.4, -0.2) is 9.55 Å². The first kappa shape index (κ1) is 24.1. The van der Waals surface area contributed by atoms with Crippen LogP contribution in [0.4, 0.5) is 25.2 Å². The summed E-state index contributed by atoms with van der Waals surface area (Å²) in [6.45, 7) is 6.57. The summed E-state index contributed by atoms with van der Waals surface area (Å²) in [5.74, 6) is 1.02. The van der Waals surface area contributed by atoms with Crippen LogP contribution >= 0.6 is 7.81 Å². The first-order valence-corrected chi connectivity index (χ1v) is 10.9. The van der Waals surface area contributed by atoms with Gasteiger partial charge in [0.25, 0.3) is 6.33 Å². The molecule has 10 heteroatoms. The monoisotopic (exact) mass is 429 g/mol. The summed E-state index contributed by atoms with van der Waals surface area (Å²) in [5.41, 5.74) is 3.88. The third kappa shape index (κ3) is 9.88. The normalized spacial score (nSPS) is 14.7. The van der Waals surface area contributed by atoms with Gasteiger partial charge in [0, 0.05) is 11.8 Å². The molecule has 0 N–H and O–H groups in total. The molecule has 160 valence electrons. The summed E-state index contributed by atoms with van der Waals surface area (Å²) >= 11 is 0. The van der Waals surface area contributed by atoms with Crippen molar-refractivity contribution in [2.45, 2.75) is 46.5 Å². The molecule has 3 nitrogen and oxygen atoms in total. The zero-order chi connectivity index (χ0) is 21.7. The van der Waals surface area contributed by atoms with E-state index in [-0.39, 0.29) is 0 Å². The van der Waals surface area contributed by atoms with Crippen molar-refractivity contribution in [1.29, 1.82) is 0 Å². The second kappa shape index (κ2) is 8.23. The Kier molecular flexibility index (Phi) is 7.10. The molecule has 0 saturated carbocycles. The van der Waals surface area contributed by atoms with Crippen molar-refractivity contribution in [3.8, 4) is 5.82 Å². The first-order valence-electron chi connectivity index (χ1n) is 8.87. The number of nitrogens with zero attached hydrogens (tertiary/aromatic N) is 3. The first-order chi connectivity index (χ1) is 12.6. The van der Waals surface area contributed by atoms with Gasteiger partial charge >= 0.3 is 33.0 Å². The maximum absolute atomic E-state index is 10.7. The summed E-state index contributed by atoms with van der Waals surface area (Å²) in [6, 6.07) is 4.10. The van der Waals surface area contributed by atoms with E-state index in [9.17, 15) is 25.2 Å². The Morgan fingerprint density at radius 2 is 1.75 bits per heavy atom. The Balaban J connectivity index is 0.000000480. The van der Waals surface area contributed by atoms with Crippen molar-refractivity contribution in [3.05, 3.63) is 48.2 Å². The molecule has 0 saturated heterocycles. The molecule has 0 aliphatic rings. The Hall–Kier alpha value is -1.89. The van der Waals surface area contributed by atoms with E-state index < -0.39 is 7.81 Å². The molecule has 2 rings (SSSR count). The van der Waals surface area contributed by atoms with Crippen molar-refractivity contribution in [3.63, 3.8) is 0 Å². The molecule has 2 aromatic rings. The maximum atomic E-state index is 9.87. The number of aryl methyl sites for hydroxylation is 2. The molecule has 2 aromatic heterocycles. The van der Waals surface area contributed by atoms with E-state index in [0.29, 0.717) is 0 Å². The number of allylic oxidation sites excluding steroid dienone is 2. The van der Waals surface area contributed by atoms with Gasteiger partial charge in [0.1, 0.15) is 6.20 Å². The van der Waals surface area contributed by atoms with Crippen molar-refractivity contribution < 1.29 is 29.7 Å². The quantitative estimate of drug-likeness (QED) is 0.267. The molecule has 2 heterocycles. The molecule has 0 atom stereocenters. The Morgan fingerprint density at radius 1 is 1.14 bits per heavy atom. The molecule has 0 fully saturated rings. The third-order valence-corrected chi connectivity index (χ3v) is 3.62. The average Bonchev–Trinajstić information content (AvgIpc) is 2.90. The van der Waals surface area contributed by atoms with E-state index in [4.69, 9.17) is 0 Å². The molecule has 0 unspecified atom stereocenters. The summed E-state index contributed by atoms with van der Waals surface area (Å²) in [5, 5.41) is 0. The molecule has 0 spiro atoms. The second-order valence-corrected chi connectivity index (χ2v) is 8.45. The van der Waals surface area contributed by atoms with E-state index in [1.807, 2.05) is 12.3 Å². The van der Waals surface area contributed by atoms with E-state index in [2.05, 4.69) is 66.6 Å². The van der Waals surface area contributed by atoms with Crippen molar-refractivity contribution in [2.75, 3.05) is 0 Å². The SMILES string of the molecule is CCC/C=C(\CCC)c1c[n+](C)cn1-c1ncccc1C.F[P-](F)(F)(F)(F)F. The van der Waals surface area contributed by atoms with Gasteiger partial charge in [-0.05, 0) is 31.4 Å². The van der Waals surface area contributed by atoms with Gasteiger partial charge < -0.3 is 0 Å². The summed E-state index contributed by atoms with van der Waals surface area (Å²) in [6.07, 6.45) is 13.1. The van der Waals surface area contributed by atoms with Gasteiger partial charge in [0.2, 0.25) is 5.82 Å². The fourth-order valence-electron chi connectivity index (χ4n) is 2.59. The summed E-state index contributed by atoms with van der Waals surface area (Å²) in [7, 11) is -8.59. The number of imidazole rings is 1. The second-order valence-electron chi connectivity index (χ2n) is 6.54. The molecular formula is C18H26F6N3P. The Morgan fingerprint density at radius 3 is 2.25 bits per heavy atom. The number of rotatable bonds is 6. The van der Waals surface area contributed by atoms with Crippen LogP contribution in [0.1, 0.15) is 50.8 Å². The van der Waals surface area contributed by atoms with Crippen LogP contribution in [0.15, 0.2) is 36.9 Å². The zero-order valence-electron chi connectivity index (χ0n) is 16.3. The third-order valence-electron chi connectivity index (χ3n) is 3.62. The standard InChI is InChI=1S/C18H26N3.F6P/c1-5-7-11-16(9-6-2)17-13-20(4)14-21(17)18-15(3)10-8-12-19-18;1-7(2,3,4,5)6/h8,10-14H,5-7,9H2,1-4H3;/q+1;-1/b16-11+;. The fraction of sp³-hybridized carbons (Fsp3) is 0.444. The van der Waals surface area contributed by atoms with Crippen LogP contribution < -0.4 is 4.57 Å².